The lowest BCUT2D eigenvalue weighted by atomic mass is 9.89. The van der Waals surface area contributed by atoms with Gasteiger partial charge < -0.3 is 14.6 Å². The van der Waals surface area contributed by atoms with Crippen molar-refractivity contribution in [2.45, 2.75) is 12.5 Å². The van der Waals surface area contributed by atoms with E-state index in [-0.39, 0.29) is 0 Å². The topological polar surface area (TPSA) is 65.7 Å². The van der Waals surface area contributed by atoms with Crippen molar-refractivity contribution in [1.82, 2.24) is 4.90 Å². The van der Waals surface area contributed by atoms with Crippen molar-refractivity contribution in [2.75, 3.05) is 27.3 Å². The van der Waals surface area contributed by atoms with Gasteiger partial charge in [0.1, 0.15) is 23.3 Å². The van der Waals surface area contributed by atoms with Crippen LogP contribution in [-0.4, -0.2) is 37.3 Å². The fourth-order valence-electron chi connectivity index (χ4n) is 3.11. The number of rotatable bonds is 5. The lowest BCUT2D eigenvalue weighted by Gasteiger charge is -2.40. The van der Waals surface area contributed by atoms with Crippen LogP contribution < -0.4 is 9.47 Å². The van der Waals surface area contributed by atoms with Crippen LogP contribution in [0.1, 0.15) is 22.6 Å². The zero-order valence-electron chi connectivity index (χ0n) is 13.8. The normalized spacial score (nSPS) is 14.7. The lowest BCUT2D eigenvalue weighted by Crippen LogP contribution is -2.44. The summed E-state index contributed by atoms with van der Waals surface area (Å²) in [5, 5.41) is 19.1. The highest BCUT2D eigenvalue weighted by molar-refractivity contribution is 5.53. The van der Waals surface area contributed by atoms with Crippen molar-refractivity contribution in [3.8, 4) is 23.3 Å². The van der Waals surface area contributed by atoms with Crippen LogP contribution in [-0.2, 0) is 6.54 Å². The second-order valence-electron chi connectivity index (χ2n) is 5.93. The van der Waals surface area contributed by atoms with Crippen LogP contribution in [0.25, 0.3) is 0 Å². The molecule has 0 bridgehead atoms. The molecule has 2 aromatic carbocycles. The van der Waals surface area contributed by atoms with Crippen LogP contribution in [0.15, 0.2) is 36.4 Å². The first kappa shape index (κ1) is 16.2. The van der Waals surface area contributed by atoms with Gasteiger partial charge in [0, 0.05) is 42.7 Å². The van der Waals surface area contributed by atoms with E-state index in [4.69, 9.17) is 9.47 Å². The average molecular weight is 324 g/mol. The molecular weight excluding hydrogens is 304 g/mol. The van der Waals surface area contributed by atoms with Crippen molar-refractivity contribution in [3.63, 3.8) is 0 Å². The Labute approximate surface area is 141 Å². The van der Waals surface area contributed by atoms with E-state index in [1.54, 1.807) is 26.4 Å². The average Bonchev–Trinajstić information content (AvgIpc) is 2.58. The van der Waals surface area contributed by atoms with Gasteiger partial charge in [-0.25, -0.2) is 0 Å². The molecule has 3 rings (SSSR count). The van der Waals surface area contributed by atoms with Gasteiger partial charge in [0.2, 0.25) is 0 Å². The number of para-hydroxylation sites is 1. The molecule has 124 valence electrons. The molecule has 1 fully saturated rings. The van der Waals surface area contributed by atoms with E-state index >= 15 is 0 Å². The fraction of sp³-hybridized carbons (Fsp3) is 0.316. The van der Waals surface area contributed by atoms with Gasteiger partial charge in [-0.3, -0.25) is 4.90 Å². The molecule has 1 aliphatic heterocycles. The van der Waals surface area contributed by atoms with Crippen LogP contribution in [0.5, 0.6) is 17.2 Å². The zero-order valence-corrected chi connectivity index (χ0v) is 13.8. The molecule has 0 spiro atoms. The highest BCUT2D eigenvalue weighted by Gasteiger charge is 2.31. The van der Waals surface area contributed by atoms with Crippen molar-refractivity contribution in [2.24, 2.45) is 0 Å². The number of benzene rings is 2. The van der Waals surface area contributed by atoms with E-state index in [1.807, 2.05) is 24.3 Å². The van der Waals surface area contributed by atoms with Crippen LogP contribution in [0.4, 0.5) is 0 Å². The summed E-state index contributed by atoms with van der Waals surface area (Å²) in [6.45, 7) is 2.47. The number of aromatic hydroxyl groups is 1. The fourth-order valence-corrected chi connectivity index (χ4v) is 3.11. The van der Waals surface area contributed by atoms with Gasteiger partial charge in [0.05, 0.1) is 19.8 Å². The molecule has 0 aliphatic carbocycles. The van der Waals surface area contributed by atoms with Gasteiger partial charge in [-0.05, 0) is 12.1 Å². The summed E-state index contributed by atoms with van der Waals surface area (Å²) in [7, 11) is 3.18. The van der Waals surface area contributed by atoms with Crippen LogP contribution in [0, 0.1) is 11.3 Å². The molecule has 1 N–H and O–H groups in total. The minimum Gasteiger partial charge on any atom is -0.508 e. The number of phenols is 1. The molecule has 0 atom stereocenters. The summed E-state index contributed by atoms with van der Waals surface area (Å²) < 4.78 is 10.8. The summed E-state index contributed by atoms with van der Waals surface area (Å²) in [6.07, 6.45) is 0. The molecule has 5 nitrogen and oxygen atoms in total. The summed E-state index contributed by atoms with van der Waals surface area (Å²) in [5.41, 5.74) is 2.46. The molecule has 1 saturated heterocycles. The van der Waals surface area contributed by atoms with Gasteiger partial charge >= 0.3 is 0 Å². The van der Waals surface area contributed by atoms with Crippen molar-refractivity contribution in [1.29, 1.82) is 5.26 Å². The minimum atomic E-state index is 0.326. The SMILES string of the molecule is COc1cc(C2CN(Cc3ccccc3O)C2)c(OC)cc1C#N. The molecule has 0 saturated carbocycles. The van der Waals surface area contributed by atoms with Crippen molar-refractivity contribution in [3.05, 3.63) is 53.1 Å². The number of phenolic OH excluding ortho intramolecular Hbond substituents is 1. The van der Waals surface area contributed by atoms with Gasteiger partial charge in [-0.1, -0.05) is 18.2 Å². The first-order chi connectivity index (χ1) is 11.7. The molecule has 0 radical (unpaired) electrons. The number of methoxy groups -OCH3 is 2. The third kappa shape index (κ3) is 3.01. The maximum absolute atomic E-state index is 9.88. The number of nitriles is 1. The Kier molecular flexibility index (Phi) is 4.59. The third-order valence-corrected chi connectivity index (χ3v) is 4.45. The first-order valence-electron chi connectivity index (χ1n) is 7.81. The van der Waals surface area contributed by atoms with E-state index in [9.17, 15) is 10.4 Å². The Bertz CT molecular complexity index is 777. The predicted octanol–water partition coefficient (Wildman–Crippen LogP) is 2.88. The van der Waals surface area contributed by atoms with Gasteiger partial charge in [0.25, 0.3) is 0 Å². The zero-order chi connectivity index (χ0) is 17.1. The molecule has 5 heteroatoms. The number of hydrogen-bond donors (Lipinski definition) is 1. The molecule has 0 unspecified atom stereocenters. The van der Waals surface area contributed by atoms with Crippen LogP contribution in [0.2, 0.25) is 0 Å². The standard InChI is InChI=1S/C19H20N2O3/c1-23-18-8-16(19(24-2)7-14(18)9-20)15-11-21(12-15)10-13-5-3-4-6-17(13)22/h3-8,15,22H,10-12H2,1-2H3. The number of hydrogen-bond acceptors (Lipinski definition) is 5. The van der Waals surface area contributed by atoms with Crippen molar-refractivity contribution < 1.29 is 14.6 Å². The molecule has 1 heterocycles. The summed E-state index contributed by atoms with van der Waals surface area (Å²) >= 11 is 0. The first-order valence-corrected chi connectivity index (χ1v) is 7.81. The largest absolute Gasteiger partial charge is 0.508 e. The molecule has 0 amide bonds. The van der Waals surface area contributed by atoms with Crippen LogP contribution in [0.3, 0.4) is 0 Å². The number of ether oxygens (including phenoxy) is 2. The van der Waals surface area contributed by atoms with E-state index in [0.717, 1.165) is 36.5 Å². The van der Waals surface area contributed by atoms with Crippen LogP contribution >= 0.6 is 0 Å². The third-order valence-electron chi connectivity index (χ3n) is 4.45. The molecule has 24 heavy (non-hydrogen) atoms. The van der Waals surface area contributed by atoms with E-state index in [2.05, 4.69) is 11.0 Å². The predicted molar refractivity (Wildman–Crippen MR) is 90.4 cm³/mol. The number of likely N-dealkylation sites (tertiary alicyclic amines) is 1. The second-order valence-corrected chi connectivity index (χ2v) is 5.93. The Morgan fingerprint density at radius 2 is 1.88 bits per heavy atom. The summed E-state index contributed by atoms with van der Waals surface area (Å²) in [6, 6.07) is 13.2. The smallest absolute Gasteiger partial charge is 0.137 e. The summed E-state index contributed by atoms with van der Waals surface area (Å²) in [5.74, 6) is 1.96. The quantitative estimate of drug-likeness (QED) is 0.916. The summed E-state index contributed by atoms with van der Waals surface area (Å²) in [4.78, 5) is 2.27. The minimum absolute atomic E-state index is 0.326. The highest BCUT2D eigenvalue weighted by Crippen LogP contribution is 2.38. The Hall–Kier alpha value is -2.71. The molecule has 2 aromatic rings. The molecular formula is C19H20N2O3. The Morgan fingerprint density at radius 3 is 2.50 bits per heavy atom. The van der Waals surface area contributed by atoms with E-state index < -0.39 is 0 Å². The Balaban J connectivity index is 1.74. The highest BCUT2D eigenvalue weighted by atomic mass is 16.5. The maximum Gasteiger partial charge on any atom is 0.137 e. The van der Waals surface area contributed by atoms with Gasteiger partial charge in [-0.2, -0.15) is 5.26 Å². The maximum atomic E-state index is 9.88. The van der Waals surface area contributed by atoms with Gasteiger partial charge in [0.15, 0.2) is 0 Å². The van der Waals surface area contributed by atoms with Crippen molar-refractivity contribution >= 4 is 0 Å². The van der Waals surface area contributed by atoms with E-state index in [0.29, 0.717) is 23.0 Å². The second kappa shape index (κ2) is 6.81. The lowest BCUT2D eigenvalue weighted by molar-refractivity contribution is 0.136. The number of nitrogens with zero attached hydrogens (tertiary/aromatic N) is 2. The Morgan fingerprint density at radius 1 is 1.17 bits per heavy atom. The van der Waals surface area contributed by atoms with Gasteiger partial charge in [-0.15, -0.1) is 0 Å². The monoisotopic (exact) mass is 324 g/mol. The molecule has 1 aliphatic rings. The van der Waals surface area contributed by atoms with E-state index in [1.165, 1.54) is 0 Å². The molecule has 0 aromatic heterocycles.